The minimum atomic E-state index is -0.468. The van der Waals surface area contributed by atoms with Crippen molar-refractivity contribution in [2.24, 2.45) is 5.73 Å². The fourth-order valence-corrected chi connectivity index (χ4v) is 2.42. The van der Waals surface area contributed by atoms with E-state index in [1.807, 2.05) is 20.8 Å². The summed E-state index contributed by atoms with van der Waals surface area (Å²) in [6, 6.07) is 0.139. The molecule has 1 aliphatic heterocycles. The van der Waals surface area contributed by atoms with Gasteiger partial charge < -0.3 is 20.7 Å². The van der Waals surface area contributed by atoms with Gasteiger partial charge in [0.15, 0.2) is 0 Å². The molecule has 0 aromatic rings. The van der Waals surface area contributed by atoms with Crippen molar-refractivity contribution < 1.29 is 9.53 Å². The van der Waals surface area contributed by atoms with Crippen molar-refractivity contribution in [1.29, 1.82) is 0 Å². The number of hydrogen-bond donors (Lipinski definition) is 2. The summed E-state index contributed by atoms with van der Waals surface area (Å²) in [6.45, 7) is 11.1. The monoisotopic (exact) mass is 300 g/mol. The lowest BCUT2D eigenvalue weighted by atomic mass is 10.2. The zero-order chi connectivity index (χ0) is 15.9. The minimum Gasteiger partial charge on any atom is -0.444 e. The molecular formula is C15H32N4O2. The Morgan fingerprint density at radius 1 is 1.38 bits per heavy atom. The highest BCUT2D eigenvalue weighted by atomic mass is 16.6. The van der Waals surface area contributed by atoms with E-state index in [-0.39, 0.29) is 12.1 Å². The zero-order valence-corrected chi connectivity index (χ0v) is 14.0. The van der Waals surface area contributed by atoms with E-state index < -0.39 is 5.60 Å². The molecule has 1 saturated heterocycles. The smallest absolute Gasteiger partial charge is 0.407 e. The Morgan fingerprint density at radius 2 is 2.00 bits per heavy atom. The van der Waals surface area contributed by atoms with Crippen LogP contribution in [0.2, 0.25) is 0 Å². The van der Waals surface area contributed by atoms with Crippen LogP contribution in [-0.2, 0) is 4.74 Å². The van der Waals surface area contributed by atoms with Gasteiger partial charge in [-0.05, 0) is 53.8 Å². The largest absolute Gasteiger partial charge is 0.444 e. The van der Waals surface area contributed by atoms with Crippen LogP contribution in [0.1, 0.15) is 33.6 Å². The number of likely N-dealkylation sites (N-methyl/N-ethyl adjacent to an activating group) is 1. The summed E-state index contributed by atoms with van der Waals surface area (Å²) in [5.41, 5.74) is 5.36. The van der Waals surface area contributed by atoms with Crippen LogP contribution in [0.25, 0.3) is 0 Å². The maximum absolute atomic E-state index is 11.7. The Balaban J connectivity index is 2.27. The van der Waals surface area contributed by atoms with Gasteiger partial charge in [0, 0.05) is 32.2 Å². The quantitative estimate of drug-likeness (QED) is 0.730. The van der Waals surface area contributed by atoms with Crippen molar-refractivity contribution in [2.75, 3.05) is 46.3 Å². The Bertz CT molecular complexity index is 311. The molecule has 1 amide bonds. The van der Waals surface area contributed by atoms with Gasteiger partial charge in [0.2, 0.25) is 0 Å². The highest BCUT2D eigenvalue weighted by Gasteiger charge is 2.19. The predicted molar refractivity (Wildman–Crippen MR) is 85.4 cm³/mol. The van der Waals surface area contributed by atoms with E-state index in [2.05, 4.69) is 22.2 Å². The van der Waals surface area contributed by atoms with E-state index in [9.17, 15) is 4.79 Å². The van der Waals surface area contributed by atoms with Crippen LogP contribution in [-0.4, -0.2) is 73.9 Å². The molecule has 6 heteroatoms. The summed E-state index contributed by atoms with van der Waals surface area (Å²) in [4.78, 5) is 16.4. The van der Waals surface area contributed by atoms with E-state index in [1.54, 1.807) is 0 Å². The average Bonchev–Trinajstić information content (AvgIpc) is 2.88. The Labute approximate surface area is 129 Å². The van der Waals surface area contributed by atoms with Crippen LogP contribution >= 0.6 is 0 Å². The molecule has 0 spiro atoms. The number of ether oxygens (including phenoxy) is 1. The molecule has 0 aromatic heterocycles. The Kier molecular flexibility index (Phi) is 7.42. The summed E-state index contributed by atoms with van der Waals surface area (Å²) in [5.74, 6) is 0. The second-order valence-electron chi connectivity index (χ2n) is 6.80. The lowest BCUT2D eigenvalue weighted by molar-refractivity contribution is 0.0511. The third-order valence-corrected chi connectivity index (χ3v) is 3.74. The highest BCUT2D eigenvalue weighted by molar-refractivity contribution is 5.67. The van der Waals surface area contributed by atoms with Gasteiger partial charge in [-0.3, -0.25) is 4.90 Å². The SMILES string of the molecule is CN(CCN1CCCC1)C(CN)CNC(=O)OC(C)(C)C. The van der Waals surface area contributed by atoms with Crippen molar-refractivity contribution in [2.45, 2.75) is 45.3 Å². The third-order valence-electron chi connectivity index (χ3n) is 3.74. The topological polar surface area (TPSA) is 70.8 Å². The van der Waals surface area contributed by atoms with Gasteiger partial charge >= 0.3 is 6.09 Å². The molecule has 1 aliphatic rings. The minimum absolute atomic E-state index is 0.139. The molecule has 21 heavy (non-hydrogen) atoms. The van der Waals surface area contributed by atoms with Crippen molar-refractivity contribution in [3.05, 3.63) is 0 Å². The molecule has 1 fully saturated rings. The summed E-state index contributed by atoms with van der Waals surface area (Å²) < 4.78 is 5.24. The van der Waals surface area contributed by atoms with Gasteiger partial charge in [0.25, 0.3) is 0 Å². The molecule has 1 heterocycles. The van der Waals surface area contributed by atoms with E-state index in [1.165, 1.54) is 25.9 Å². The predicted octanol–water partition coefficient (Wildman–Crippen LogP) is 0.866. The number of rotatable bonds is 7. The van der Waals surface area contributed by atoms with Crippen LogP contribution in [0.3, 0.4) is 0 Å². The fourth-order valence-electron chi connectivity index (χ4n) is 2.42. The number of amides is 1. The van der Waals surface area contributed by atoms with Crippen LogP contribution < -0.4 is 11.1 Å². The van der Waals surface area contributed by atoms with Crippen LogP contribution in [0.15, 0.2) is 0 Å². The Morgan fingerprint density at radius 3 is 2.52 bits per heavy atom. The molecule has 0 aliphatic carbocycles. The molecule has 0 saturated carbocycles. The molecular weight excluding hydrogens is 268 g/mol. The molecule has 1 atom stereocenters. The number of alkyl carbamates (subject to hydrolysis) is 1. The lowest BCUT2D eigenvalue weighted by Crippen LogP contribution is -2.49. The van der Waals surface area contributed by atoms with Gasteiger partial charge in [-0.1, -0.05) is 0 Å². The molecule has 6 nitrogen and oxygen atoms in total. The first kappa shape index (κ1) is 18.2. The number of nitrogens with zero attached hydrogens (tertiary/aromatic N) is 2. The fraction of sp³-hybridized carbons (Fsp3) is 0.933. The number of hydrogen-bond acceptors (Lipinski definition) is 5. The van der Waals surface area contributed by atoms with Crippen molar-refractivity contribution in [1.82, 2.24) is 15.1 Å². The molecule has 1 unspecified atom stereocenters. The van der Waals surface area contributed by atoms with Gasteiger partial charge in [-0.25, -0.2) is 4.79 Å². The van der Waals surface area contributed by atoms with E-state index in [4.69, 9.17) is 10.5 Å². The average molecular weight is 300 g/mol. The summed E-state index contributed by atoms with van der Waals surface area (Å²) >= 11 is 0. The number of nitrogens with two attached hydrogens (primary N) is 1. The van der Waals surface area contributed by atoms with E-state index in [0.29, 0.717) is 13.1 Å². The zero-order valence-electron chi connectivity index (χ0n) is 14.0. The van der Waals surface area contributed by atoms with Crippen molar-refractivity contribution in [3.8, 4) is 0 Å². The number of nitrogens with one attached hydrogen (secondary N) is 1. The molecule has 0 bridgehead atoms. The number of carbonyl (C=O) groups excluding carboxylic acids is 1. The maximum Gasteiger partial charge on any atom is 0.407 e. The van der Waals surface area contributed by atoms with E-state index in [0.717, 1.165) is 13.1 Å². The Hall–Kier alpha value is -0.850. The number of likely N-dealkylation sites (tertiary alicyclic amines) is 1. The second kappa shape index (κ2) is 8.56. The van der Waals surface area contributed by atoms with E-state index >= 15 is 0 Å². The van der Waals surface area contributed by atoms with Gasteiger partial charge in [-0.15, -0.1) is 0 Å². The first-order valence-electron chi connectivity index (χ1n) is 7.91. The van der Waals surface area contributed by atoms with Gasteiger partial charge in [0.1, 0.15) is 5.60 Å². The van der Waals surface area contributed by atoms with Crippen LogP contribution in [0.5, 0.6) is 0 Å². The highest BCUT2D eigenvalue weighted by Crippen LogP contribution is 2.08. The third kappa shape index (κ3) is 7.64. The molecule has 124 valence electrons. The maximum atomic E-state index is 11.7. The normalized spacial score (nSPS) is 18.0. The molecule has 3 N–H and O–H groups in total. The molecule has 0 aromatic carbocycles. The van der Waals surface area contributed by atoms with Crippen LogP contribution in [0, 0.1) is 0 Å². The second-order valence-corrected chi connectivity index (χ2v) is 6.80. The first-order valence-corrected chi connectivity index (χ1v) is 7.91. The first-order chi connectivity index (χ1) is 9.81. The summed E-state index contributed by atoms with van der Waals surface area (Å²) in [7, 11) is 2.06. The van der Waals surface area contributed by atoms with Gasteiger partial charge in [0.05, 0.1) is 0 Å². The van der Waals surface area contributed by atoms with Crippen LogP contribution in [0.4, 0.5) is 4.79 Å². The van der Waals surface area contributed by atoms with Gasteiger partial charge in [-0.2, -0.15) is 0 Å². The summed E-state index contributed by atoms with van der Waals surface area (Å²) in [6.07, 6.45) is 2.24. The van der Waals surface area contributed by atoms with Crippen molar-refractivity contribution in [3.63, 3.8) is 0 Å². The molecule has 0 radical (unpaired) electrons. The summed E-state index contributed by atoms with van der Waals surface area (Å²) in [5, 5.41) is 2.80. The van der Waals surface area contributed by atoms with Crippen molar-refractivity contribution >= 4 is 6.09 Å². The molecule has 1 rings (SSSR count). The lowest BCUT2D eigenvalue weighted by Gasteiger charge is -2.29. The number of carbonyl (C=O) groups is 1. The standard InChI is InChI=1S/C15H32N4O2/c1-15(2,3)21-14(20)17-12-13(11-16)18(4)9-10-19-7-5-6-8-19/h13H,5-12,16H2,1-4H3,(H,17,20).